The Bertz CT molecular complexity index is 726. The number of hydrogen-bond acceptors (Lipinski definition) is 6. The van der Waals surface area contributed by atoms with Crippen LogP contribution in [-0.4, -0.2) is 73.4 Å². The molecular formula is C22H35N5O4. The zero-order valence-corrected chi connectivity index (χ0v) is 18.6. The maximum absolute atomic E-state index is 10.9. The lowest BCUT2D eigenvalue weighted by Gasteiger charge is -2.41. The Morgan fingerprint density at radius 2 is 1.94 bits per heavy atom. The minimum absolute atomic E-state index is 0.0407. The molecule has 31 heavy (non-hydrogen) atoms. The highest BCUT2D eigenvalue weighted by atomic mass is 16.6. The molecule has 2 heterocycles. The van der Waals surface area contributed by atoms with Crippen LogP contribution in [0.1, 0.15) is 38.7 Å². The van der Waals surface area contributed by atoms with Crippen LogP contribution < -0.4 is 10.6 Å². The molecule has 0 saturated carbocycles. The molecular weight excluding hydrogens is 398 g/mol. The number of nitrogens with one attached hydrogen (secondary N) is 2. The maximum Gasteiger partial charge on any atom is 0.269 e. The van der Waals surface area contributed by atoms with E-state index < -0.39 is 0 Å². The van der Waals surface area contributed by atoms with Gasteiger partial charge in [-0.3, -0.25) is 15.0 Å². The fraction of sp³-hybridized carbons (Fsp3) is 0.682. The summed E-state index contributed by atoms with van der Waals surface area (Å²) in [5.41, 5.74) is 0.972. The number of aliphatic imine (C=N–C) groups is 1. The lowest BCUT2D eigenvalue weighted by molar-refractivity contribution is -0.384. The number of non-ortho nitro benzene ring substituents is 1. The summed E-state index contributed by atoms with van der Waals surface area (Å²) in [4.78, 5) is 17.6. The van der Waals surface area contributed by atoms with Crippen molar-refractivity contribution in [3.05, 3.63) is 39.9 Å². The largest absolute Gasteiger partial charge is 0.379 e. The molecule has 2 N–H and O–H groups in total. The van der Waals surface area contributed by atoms with E-state index in [-0.39, 0.29) is 22.3 Å². The summed E-state index contributed by atoms with van der Waals surface area (Å²) in [6.07, 6.45) is 3.58. The molecule has 172 valence electrons. The monoisotopic (exact) mass is 433 g/mol. The Morgan fingerprint density at radius 3 is 2.58 bits per heavy atom. The van der Waals surface area contributed by atoms with Gasteiger partial charge in [0.25, 0.3) is 5.69 Å². The Balaban J connectivity index is 1.61. The molecule has 9 heteroatoms. The van der Waals surface area contributed by atoms with E-state index >= 15 is 0 Å². The normalized spacial score (nSPS) is 21.0. The van der Waals surface area contributed by atoms with Gasteiger partial charge in [0.05, 0.1) is 30.8 Å². The zero-order valence-electron chi connectivity index (χ0n) is 18.6. The van der Waals surface area contributed by atoms with Crippen LogP contribution in [0.25, 0.3) is 0 Å². The average molecular weight is 434 g/mol. The number of nitro benzene ring substituents is 1. The fourth-order valence-corrected chi connectivity index (χ4v) is 3.83. The van der Waals surface area contributed by atoms with Crippen LogP contribution in [0.5, 0.6) is 0 Å². The molecule has 0 aliphatic carbocycles. The van der Waals surface area contributed by atoms with Gasteiger partial charge in [-0.25, -0.2) is 4.99 Å². The first-order valence-corrected chi connectivity index (χ1v) is 11.1. The molecule has 0 aromatic heterocycles. The lowest BCUT2D eigenvalue weighted by atomic mass is 10.0. The summed E-state index contributed by atoms with van der Waals surface area (Å²) in [6, 6.07) is 6.54. The number of hydrogen-bond donors (Lipinski definition) is 2. The number of rotatable bonds is 8. The minimum Gasteiger partial charge on any atom is -0.379 e. The highest BCUT2D eigenvalue weighted by Crippen LogP contribution is 2.16. The number of guanidine groups is 1. The second kappa shape index (κ2) is 11.4. The molecule has 1 atom stereocenters. The molecule has 0 radical (unpaired) electrons. The van der Waals surface area contributed by atoms with Crippen molar-refractivity contribution in [2.75, 3.05) is 46.0 Å². The Hall–Kier alpha value is -2.23. The smallest absolute Gasteiger partial charge is 0.269 e. The molecule has 0 amide bonds. The standard InChI is InChI=1S/C22H35N5O4/c1-22(2,26-10-13-30-14-11-26)17-25-21(24-16-20-5-3-4-12-31-20)23-15-18-6-8-19(9-7-18)27(28)29/h6-9,20H,3-5,10-17H2,1-2H3,(H2,23,24,25). The molecule has 9 nitrogen and oxygen atoms in total. The Kier molecular flexibility index (Phi) is 8.62. The first-order valence-electron chi connectivity index (χ1n) is 11.1. The third kappa shape index (κ3) is 7.45. The van der Waals surface area contributed by atoms with E-state index in [1.807, 2.05) is 0 Å². The van der Waals surface area contributed by atoms with Crippen LogP contribution in [0.2, 0.25) is 0 Å². The topological polar surface area (TPSA) is 101 Å². The first-order chi connectivity index (χ1) is 14.9. The second-order valence-electron chi connectivity index (χ2n) is 8.72. The summed E-state index contributed by atoms with van der Waals surface area (Å²) in [5.74, 6) is 0.730. The van der Waals surface area contributed by atoms with Crippen molar-refractivity contribution in [2.45, 2.75) is 51.3 Å². The summed E-state index contributed by atoms with van der Waals surface area (Å²) >= 11 is 0. The van der Waals surface area contributed by atoms with Gasteiger partial charge >= 0.3 is 0 Å². The Morgan fingerprint density at radius 1 is 1.19 bits per heavy atom. The van der Waals surface area contributed by atoms with Gasteiger partial charge in [-0.1, -0.05) is 12.1 Å². The van der Waals surface area contributed by atoms with E-state index in [0.717, 1.165) is 63.8 Å². The Labute approximate surface area is 184 Å². The van der Waals surface area contributed by atoms with Gasteiger partial charge in [0, 0.05) is 50.5 Å². The van der Waals surface area contributed by atoms with Gasteiger partial charge in [0.15, 0.2) is 5.96 Å². The molecule has 0 bridgehead atoms. The van der Waals surface area contributed by atoms with E-state index in [2.05, 4.69) is 29.4 Å². The number of benzene rings is 1. The van der Waals surface area contributed by atoms with Crippen LogP contribution in [0.4, 0.5) is 5.69 Å². The molecule has 2 aliphatic heterocycles. The first kappa shape index (κ1) is 23.4. The predicted molar refractivity (Wildman–Crippen MR) is 120 cm³/mol. The van der Waals surface area contributed by atoms with Crippen LogP contribution >= 0.6 is 0 Å². The molecule has 3 rings (SSSR count). The van der Waals surface area contributed by atoms with Crippen molar-refractivity contribution in [1.29, 1.82) is 0 Å². The van der Waals surface area contributed by atoms with Crippen LogP contribution in [0, 0.1) is 10.1 Å². The fourth-order valence-electron chi connectivity index (χ4n) is 3.83. The number of ether oxygens (including phenoxy) is 2. The summed E-state index contributed by atoms with van der Waals surface area (Å²) in [5, 5.41) is 17.8. The quantitative estimate of drug-likeness (QED) is 0.281. The molecule has 1 aromatic carbocycles. The van der Waals surface area contributed by atoms with Gasteiger partial charge in [0.1, 0.15) is 0 Å². The predicted octanol–water partition coefficient (Wildman–Crippen LogP) is 2.31. The van der Waals surface area contributed by atoms with Crippen LogP contribution in [0.3, 0.4) is 0 Å². The van der Waals surface area contributed by atoms with Crippen LogP contribution in [-0.2, 0) is 16.0 Å². The molecule has 1 aromatic rings. The number of nitro groups is 1. The number of nitrogens with zero attached hydrogens (tertiary/aromatic N) is 3. The zero-order chi connectivity index (χ0) is 22.1. The third-order valence-corrected chi connectivity index (χ3v) is 5.89. The van der Waals surface area contributed by atoms with Crippen molar-refractivity contribution >= 4 is 11.6 Å². The van der Waals surface area contributed by atoms with Crippen molar-refractivity contribution in [2.24, 2.45) is 4.99 Å². The van der Waals surface area contributed by atoms with Gasteiger partial charge in [0.2, 0.25) is 0 Å². The van der Waals surface area contributed by atoms with E-state index in [4.69, 9.17) is 14.5 Å². The average Bonchev–Trinajstić information content (AvgIpc) is 2.80. The van der Waals surface area contributed by atoms with Crippen molar-refractivity contribution < 1.29 is 14.4 Å². The van der Waals surface area contributed by atoms with Crippen molar-refractivity contribution in [3.8, 4) is 0 Å². The van der Waals surface area contributed by atoms with Crippen molar-refractivity contribution in [1.82, 2.24) is 15.5 Å². The van der Waals surface area contributed by atoms with Crippen LogP contribution in [0.15, 0.2) is 29.3 Å². The van der Waals surface area contributed by atoms with E-state index in [1.165, 1.54) is 18.6 Å². The number of morpholine rings is 1. The molecule has 2 aliphatic rings. The maximum atomic E-state index is 10.9. The SMILES string of the molecule is CC(C)(CNC(=NCc1ccc([N+](=O)[O-])cc1)NCC1CCCCO1)N1CCOCC1. The molecule has 0 spiro atoms. The molecule has 2 saturated heterocycles. The van der Waals surface area contributed by atoms with Gasteiger partial charge < -0.3 is 20.1 Å². The van der Waals surface area contributed by atoms with Gasteiger partial charge in [-0.15, -0.1) is 0 Å². The third-order valence-electron chi connectivity index (χ3n) is 5.89. The van der Waals surface area contributed by atoms with Crippen molar-refractivity contribution in [3.63, 3.8) is 0 Å². The van der Waals surface area contributed by atoms with E-state index in [0.29, 0.717) is 13.1 Å². The minimum atomic E-state index is -0.389. The molecule has 1 unspecified atom stereocenters. The van der Waals surface area contributed by atoms with E-state index in [9.17, 15) is 10.1 Å². The lowest BCUT2D eigenvalue weighted by Crippen LogP contribution is -2.56. The highest BCUT2D eigenvalue weighted by Gasteiger charge is 2.28. The second-order valence-corrected chi connectivity index (χ2v) is 8.72. The van der Waals surface area contributed by atoms with Gasteiger partial charge in [-0.2, -0.15) is 0 Å². The summed E-state index contributed by atoms with van der Waals surface area (Å²) in [6.45, 7) is 10.5. The molecule has 2 fully saturated rings. The van der Waals surface area contributed by atoms with Gasteiger partial charge in [-0.05, 0) is 38.7 Å². The summed E-state index contributed by atoms with van der Waals surface area (Å²) < 4.78 is 11.3. The highest BCUT2D eigenvalue weighted by molar-refractivity contribution is 5.79. The summed E-state index contributed by atoms with van der Waals surface area (Å²) in [7, 11) is 0. The van der Waals surface area contributed by atoms with E-state index in [1.54, 1.807) is 12.1 Å².